The van der Waals surface area contributed by atoms with Gasteiger partial charge >= 0.3 is 5.97 Å². The molecular weight excluding hydrogens is 368 g/mol. The monoisotopic (exact) mass is 384 g/mol. The Morgan fingerprint density at radius 1 is 1.33 bits per heavy atom. The first-order valence-corrected chi connectivity index (χ1v) is 8.50. The number of furan rings is 1. The molecule has 0 atom stereocenters. The van der Waals surface area contributed by atoms with E-state index in [4.69, 9.17) is 21.4 Å². The summed E-state index contributed by atoms with van der Waals surface area (Å²) in [4.78, 5) is 23.7. The van der Waals surface area contributed by atoms with E-state index in [1.165, 1.54) is 6.21 Å². The fourth-order valence-corrected chi connectivity index (χ4v) is 2.43. The van der Waals surface area contributed by atoms with Gasteiger partial charge in [0.15, 0.2) is 0 Å². The van der Waals surface area contributed by atoms with E-state index >= 15 is 0 Å². The Kier molecular flexibility index (Phi) is 5.41. The third kappa shape index (κ3) is 4.09. The Bertz CT molecular complexity index is 1110. The number of carbonyl (C=O) groups is 1. The summed E-state index contributed by atoms with van der Waals surface area (Å²) in [5.41, 5.74) is 1.10. The molecule has 2 heterocycles. The maximum atomic E-state index is 12.0. The van der Waals surface area contributed by atoms with Crippen LogP contribution in [0.25, 0.3) is 11.3 Å². The summed E-state index contributed by atoms with van der Waals surface area (Å²) in [6.45, 7) is 3.64. The van der Waals surface area contributed by atoms with E-state index in [-0.39, 0.29) is 16.4 Å². The summed E-state index contributed by atoms with van der Waals surface area (Å²) >= 11 is 5.01. The standard InChI is InChI=1S/C18H16N4O4S/c1-3-25-17(24)13-6-4-12(5-7-13)15-9-8-14(26-15)10-19-22-16(23)11(2)20-21-18(22)27/h4-10H,3H2,1-2H3,(H,21,27)/b19-10-. The molecule has 27 heavy (non-hydrogen) atoms. The Balaban J connectivity index is 1.81. The molecule has 138 valence electrons. The Hall–Kier alpha value is -3.33. The second-order valence-electron chi connectivity index (χ2n) is 5.48. The average Bonchev–Trinajstić information content (AvgIpc) is 3.14. The smallest absolute Gasteiger partial charge is 0.338 e. The maximum Gasteiger partial charge on any atom is 0.338 e. The van der Waals surface area contributed by atoms with Crippen LogP contribution in [0.3, 0.4) is 0 Å². The molecular formula is C18H16N4O4S. The molecule has 3 aromatic rings. The van der Waals surface area contributed by atoms with E-state index < -0.39 is 5.56 Å². The first-order chi connectivity index (χ1) is 13.0. The van der Waals surface area contributed by atoms with E-state index in [1.54, 1.807) is 50.2 Å². The third-order valence-corrected chi connectivity index (χ3v) is 3.89. The molecule has 0 spiro atoms. The van der Waals surface area contributed by atoms with Crippen LogP contribution < -0.4 is 5.56 Å². The molecule has 0 unspecified atom stereocenters. The van der Waals surface area contributed by atoms with Crippen molar-refractivity contribution in [1.82, 2.24) is 14.9 Å². The number of ether oxygens (including phenoxy) is 1. The molecule has 0 radical (unpaired) electrons. The fraction of sp³-hybridized carbons (Fsp3) is 0.167. The van der Waals surface area contributed by atoms with Crippen molar-refractivity contribution >= 4 is 24.4 Å². The first-order valence-electron chi connectivity index (χ1n) is 8.09. The lowest BCUT2D eigenvalue weighted by atomic mass is 10.1. The molecule has 0 fully saturated rings. The van der Waals surface area contributed by atoms with Gasteiger partial charge in [-0.1, -0.05) is 12.1 Å². The minimum absolute atomic E-state index is 0.0863. The highest BCUT2D eigenvalue weighted by molar-refractivity contribution is 7.71. The van der Waals surface area contributed by atoms with Gasteiger partial charge in [0, 0.05) is 5.56 Å². The van der Waals surface area contributed by atoms with E-state index in [1.807, 2.05) is 0 Å². The predicted molar refractivity (Wildman–Crippen MR) is 102 cm³/mol. The van der Waals surface area contributed by atoms with Gasteiger partial charge in [-0.25, -0.2) is 4.79 Å². The van der Waals surface area contributed by atoms with Gasteiger partial charge in [0.1, 0.15) is 17.2 Å². The number of nitrogens with zero attached hydrogens (tertiary/aromatic N) is 3. The summed E-state index contributed by atoms with van der Waals surface area (Å²) in [6.07, 6.45) is 1.39. The Labute approximate surface area is 159 Å². The molecule has 0 aliphatic rings. The molecule has 1 N–H and O–H groups in total. The number of aromatic amines is 1. The van der Waals surface area contributed by atoms with Gasteiger partial charge in [0.25, 0.3) is 5.56 Å². The summed E-state index contributed by atoms with van der Waals surface area (Å²) in [5, 5.41) is 10.4. The van der Waals surface area contributed by atoms with Crippen LogP contribution in [0.1, 0.15) is 28.7 Å². The van der Waals surface area contributed by atoms with Crippen LogP contribution in [0, 0.1) is 11.7 Å². The van der Waals surface area contributed by atoms with Crippen LogP contribution in [0.2, 0.25) is 0 Å². The molecule has 8 nitrogen and oxygen atoms in total. The Morgan fingerprint density at radius 2 is 2.07 bits per heavy atom. The van der Waals surface area contributed by atoms with Crippen molar-refractivity contribution in [3.63, 3.8) is 0 Å². The van der Waals surface area contributed by atoms with Crippen LogP contribution in [0.15, 0.2) is 50.7 Å². The van der Waals surface area contributed by atoms with Crippen molar-refractivity contribution in [3.8, 4) is 11.3 Å². The Morgan fingerprint density at radius 3 is 2.78 bits per heavy atom. The number of H-pyrrole nitrogens is 1. The van der Waals surface area contributed by atoms with E-state index in [2.05, 4.69) is 15.3 Å². The summed E-state index contributed by atoms with van der Waals surface area (Å²) in [6, 6.07) is 10.3. The number of rotatable bonds is 5. The largest absolute Gasteiger partial charge is 0.462 e. The minimum Gasteiger partial charge on any atom is -0.462 e. The van der Waals surface area contributed by atoms with Gasteiger partial charge < -0.3 is 9.15 Å². The average molecular weight is 384 g/mol. The summed E-state index contributed by atoms with van der Waals surface area (Å²) in [7, 11) is 0. The predicted octanol–water partition coefficient (Wildman–Crippen LogP) is 2.93. The molecule has 0 saturated carbocycles. The number of nitrogens with one attached hydrogen (secondary N) is 1. The number of hydrogen-bond donors (Lipinski definition) is 1. The summed E-state index contributed by atoms with van der Waals surface area (Å²) in [5.74, 6) is 0.663. The molecule has 0 aliphatic heterocycles. The van der Waals surface area contributed by atoms with Gasteiger partial charge in [0.2, 0.25) is 4.77 Å². The van der Waals surface area contributed by atoms with Gasteiger partial charge in [-0.15, -0.1) is 0 Å². The van der Waals surface area contributed by atoms with Crippen LogP contribution in [-0.2, 0) is 4.74 Å². The van der Waals surface area contributed by atoms with Crippen molar-refractivity contribution < 1.29 is 13.9 Å². The second-order valence-corrected chi connectivity index (χ2v) is 5.86. The van der Waals surface area contributed by atoms with Crippen LogP contribution in [0.5, 0.6) is 0 Å². The van der Waals surface area contributed by atoms with Crippen LogP contribution >= 0.6 is 12.2 Å². The quantitative estimate of drug-likeness (QED) is 0.412. The van der Waals surface area contributed by atoms with Gasteiger partial charge in [-0.05, 0) is 50.3 Å². The summed E-state index contributed by atoms with van der Waals surface area (Å²) < 4.78 is 11.8. The molecule has 2 aromatic heterocycles. The maximum absolute atomic E-state index is 12.0. The second kappa shape index (κ2) is 7.92. The highest BCUT2D eigenvalue weighted by Crippen LogP contribution is 2.22. The molecule has 9 heteroatoms. The lowest BCUT2D eigenvalue weighted by molar-refractivity contribution is 0.0526. The first kappa shape index (κ1) is 18.5. The van der Waals surface area contributed by atoms with Crippen molar-refractivity contribution in [2.75, 3.05) is 6.61 Å². The van der Waals surface area contributed by atoms with Crippen molar-refractivity contribution in [3.05, 3.63) is 68.5 Å². The number of hydrogen-bond acceptors (Lipinski definition) is 7. The lowest BCUT2D eigenvalue weighted by Crippen LogP contribution is -2.22. The van der Waals surface area contributed by atoms with E-state index in [0.29, 0.717) is 23.7 Å². The molecule has 1 aromatic carbocycles. The SMILES string of the molecule is CCOC(=O)c1ccc(-c2ccc(/C=N\n3c(=S)[nH]nc(C)c3=O)o2)cc1. The van der Waals surface area contributed by atoms with Crippen LogP contribution in [-0.4, -0.2) is 33.7 Å². The molecule has 0 bridgehead atoms. The normalized spacial score (nSPS) is 11.0. The molecule has 0 saturated heterocycles. The number of benzene rings is 1. The highest BCUT2D eigenvalue weighted by atomic mass is 32.1. The van der Waals surface area contributed by atoms with E-state index in [0.717, 1.165) is 10.2 Å². The van der Waals surface area contributed by atoms with Crippen molar-refractivity contribution in [2.24, 2.45) is 5.10 Å². The third-order valence-electron chi connectivity index (χ3n) is 3.62. The molecule has 0 amide bonds. The van der Waals surface area contributed by atoms with E-state index in [9.17, 15) is 9.59 Å². The zero-order valence-corrected chi connectivity index (χ0v) is 15.4. The van der Waals surface area contributed by atoms with Gasteiger partial charge in [0.05, 0.1) is 18.4 Å². The number of carbonyl (C=O) groups excluding carboxylic acids is 1. The minimum atomic E-state index is -0.406. The molecule has 0 aliphatic carbocycles. The van der Waals surface area contributed by atoms with Crippen molar-refractivity contribution in [1.29, 1.82) is 0 Å². The van der Waals surface area contributed by atoms with Gasteiger partial charge in [-0.2, -0.15) is 14.9 Å². The topological polar surface area (TPSA) is 102 Å². The fourth-order valence-electron chi connectivity index (χ4n) is 2.25. The number of esters is 1. The van der Waals surface area contributed by atoms with Crippen molar-refractivity contribution in [2.45, 2.75) is 13.8 Å². The zero-order chi connectivity index (χ0) is 19.4. The zero-order valence-electron chi connectivity index (χ0n) is 14.6. The van der Waals surface area contributed by atoms with Gasteiger partial charge in [-0.3, -0.25) is 9.89 Å². The highest BCUT2D eigenvalue weighted by Gasteiger charge is 2.08. The molecule has 3 rings (SSSR count). The van der Waals surface area contributed by atoms with Crippen LogP contribution in [0.4, 0.5) is 0 Å². The number of aryl methyl sites for hydroxylation is 1. The number of aromatic nitrogens is 3. The lowest BCUT2D eigenvalue weighted by Gasteiger charge is -2.02.